The molecule has 1 aromatic heterocycles. The minimum atomic E-state index is -3.49. The summed E-state index contributed by atoms with van der Waals surface area (Å²) in [6.07, 6.45) is 1.94. The Bertz CT molecular complexity index is 504. The predicted molar refractivity (Wildman–Crippen MR) is 75.5 cm³/mol. The second-order valence-electron chi connectivity index (χ2n) is 5.38. The van der Waals surface area contributed by atoms with E-state index in [1.807, 2.05) is 26.8 Å². The standard InChI is InChI=1S/C13H22N2O4S/c1-10(7-13-5-4-6-18-13)14-20(16,17)15-8-11(2)19-12(3)9-15/h4-6,10-12,14H,7-9H2,1-3H3. The van der Waals surface area contributed by atoms with Gasteiger partial charge in [0.1, 0.15) is 5.76 Å². The summed E-state index contributed by atoms with van der Waals surface area (Å²) < 4.78 is 39.6. The van der Waals surface area contributed by atoms with E-state index in [9.17, 15) is 8.42 Å². The lowest BCUT2D eigenvalue weighted by Crippen LogP contribution is -2.53. The third-order valence-electron chi connectivity index (χ3n) is 3.16. The van der Waals surface area contributed by atoms with E-state index >= 15 is 0 Å². The average molecular weight is 302 g/mol. The zero-order chi connectivity index (χ0) is 14.8. The fourth-order valence-electron chi connectivity index (χ4n) is 2.43. The Balaban J connectivity index is 1.96. The van der Waals surface area contributed by atoms with Gasteiger partial charge in [0, 0.05) is 25.6 Å². The minimum absolute atomic E-state index is 0.0873. The second-order valence-corrected chi connectivity index (χ2v) is 7.08. The van der Waals surface area contributed by atoms with Crippen LogP contribution in [-0.4, -0.2) is 44.1 Å². The molecule has 1 aromatic rings. The molecule has 20 heavy (non-hydrogen) atoms. The zero-order valence-electron chi connectivity index (χ0n) is 12.1. The first-order valence-corrected chi connectivity index (χ1v) is 8.26. The van der Waals surface area contributed by atoms with Crippen LogP contribution in [-0.2, 0) is 21.4 Å². The first-order chi connectivity index (χ1) is 9.37. The molecule has 3 atom stereocenters. The van der Waals surface area contributed by atoms with Crippen LogP contribution in [0.15, 0.2) is 22.8 Å². The largest absolute Gasteiger partial charge is 0.469 e. The van der Waals surface area contributed by atoms with Crippen LogP contribution < -0.4 is 4.72 Å². The van der Waals surface area contributed by atoms with Crippen molar-refractivity contribution in [1.29, 1.82) is 0 Å². The van der Waals surface area contributed by atoms with Crippen molar-refractivity contribution < 1.29 is 17.6 Å². The predicted octanol–water partition coefficient (Wildman–Crippen LogP) is 1.15. The van der Waals surface area contributed by atoms with Gasteiger partial charge in [-0.3, -0.25) is 0 Å². The summed E-state index contributed by atoms with van der Waals surface area (Å²) in [5, 5.41) is 0. The summed E-state index contributed by atoms with van der Waals surface area (Å²) >= 11 is 0. The van der Waals surface area contributed by atoms with Gasteiger partial charge < -0.3 is 9.15 Å². The molecule has 6 nitrogen and oxygen atoms in total. The van der Waals surface area contributed by atoms with E-state index in [0.717, 1.165) is 5.76 Å². The SMILES string of the molecule is CC(Cc1ccco1)NS(=O)(=O)N1CC(C)OC(C)C1. The number of hydrogen-bond donors (Lipinski definition) is 1. The molecule has 0 saturated carbocycles. The Morgan fingerprint density at radius 1 is 1.40 bits per heavy atom. The van der Waals surface area contributed by atoms with Crippen molar-refractivity contribution in [2.45, 2.75) is 45.4 Å². The van der Waals surface area contributed by atoms with Crippen molar-refractivity contribution in [2.75, 3.05) is 13.1 Å². The zero-order valence-corrected chi connectivity index (χ0v) is 12.9. The lowest BCUT2D eigenvalue weighted by atomic mass is 10.2. The lowest BCUT2D eigenvalue weighted by molar-refractivity contribution is -0.0444. The molecule has 2 rings (SSSR count). The topological polar surface area (TPSA) is 71.8 Å². The van der Waals surface area contributed by atoms with Gasteiger partial charge in [-0.05, 0) is 32.9 Å². The fourth-order valence-corrected chi connectivity index (χ4v) is 3.98. The number of hydrogen-bond acceptors (Lipinski definition) is 4. The van der Waals surface area contributed by atoms with Crippen LogP contribution >= 0.6 is 0 Å². The summed E-state index contributed by atoms with van der Waals surface area (Å²) in [6.45, 7) is 6.35. The molecule has 2 heterocycles. The number of rotatable bonds is 5. The fraction of sp³-hybridized carbons (Fsp3) is 0.692. The molecule has 0 spiro atoms. The molecule has 0 radical (unpaired) electrons. The summed E-state index contributed by atoms with van der Waals surface area (Å²) in [5.41, 5.74) is 0. The summed E-state index contributed by atoms with van der Waals surface area (Å²) in [6, 6.07) is 3.41. The van der Waals surface area contributed by atoms with E-state index in [0.29, 0.717) is 19.5 Å². The van der Waals surface area contributed by atoms with Crippen molar-refractivity contribution >= 4 is 10.2 Å². The van der Waals surface area contributed by atoms with E-state index in [1.54, 1.807) is 12.3 Å². The van der Waals surface area contributed by atoms with Gasteiger partial charge in [-0.1, -0.05) is 0 Å². The highest BCUT2D eigenvalue weighted by Crippen LogP contribution is 2.14. The van der Waals surface area contributed by atoms with Gasteiger partial charge >= 0.3 is 0 Å². The molecule has 0 bridgehead atoms. The number of nitrogens with one attached hydrogen (secondary N) is 1. The van der Waals surface area contributed by atoms with Crippen LogP contribution in [0.1, 0.15) is 26.5 Å². The Labute approximate surface area is 120 Å². The molecule has 114 valence electrons. The summed E-state index contributed by atoms with van der Waals surface area (Å²) in [7, 11) is -3.49. The van der Waals surface area contributed by atoms with Gasteiger partial charge in [-0.25, -0.2) is 0 Å². The first-order valence-electron chi connectivity index (χ1n) is 6.82. The van der Waals surface area contributed by atoms with Crippen molar-refractivity contribution in [2.24, 2.45) is 0 Å². The van der Waals surface area contributed by atoms with Crippen LogP contribution in [0.5, 0.6) is 0 Å². The molecule has 7 heteroatoms. The van der Waals surface area contributed by atoms with Gasteiger partial charge in [0.05, 0.1) is 18.5 Å². The molecule has 0 aliphatic carbocycles. The Morgan fingerprint density at radius 3 is 2.60 bits per heavy atom. The van der Waals surface area contributed by atoms with E-state index in [1.165, 1.54) is 4.31 Å². The maximum absolute atomic E-state index is 12.3. The summed E-state index contributed by atoms with van der Waals surface area (Å²) in [5.74, 6) is 0.768. The van der Waals surface area contributed by atoms with Gasteiger partial charge in [0.25, 0.3) is 10.2 Å². The van der Waals surface area contributed by atoms with Crippen LogP contribution in [0, 0.1) is 0 Å². The number of ether oxygens (including phenoxy) is 1. The number of nitrogens with zero attached hydrogens (tertiary/aromatic N) is 1. The van der Waals surface area contributed by atoms with Crippen LogP contribution in [0.2, 0.25) is 0 Å². The molecule has 3 unspecified atom stereocenters. The molecule has 1 fully saturated rings. The number of morpholine rings is 1. The number of furan rings is 1. The molecular formula is C13H22N2O4S. The lowest BCUT2D eigenvalue weighted by Gasteiger charge is -2.34. The van der Waals surface area contributed by atoms with Crippen molar-refractivity contribution in [1.82, 2.24) is 9.03 Å². The van der Waals surface area contributed by atoms with Gasteiger partial charge in [-0.2, -0.15) is 17.4 Å². The van der Waals surface area contributed by atoms with Crippen molar-refractivity contribution in [3.8, 4) is 0 Å². The highest BCUT2D eigenvalue weighted by atomic mass is 32.2. The first kappa shape index (κ1) is 15.5. The molecule has 1 aliphatic heterocycles. The van der Waals surface area contributed by atoms with Gasteiger partial charge in [0.2, 0.25) is 0 Å². The molecule has 1 aliphatic rings. The Morgan fingerprint density at radius 2 is 2.05 bits per heavy atom. The van der Waals surface area contributed by atoms with Crippen molar-refractivity contribution in [3.05, 3.63) is 24.2 Å². The Hall–Kier alpha value is -0.890. The molecule has 0 amide bonds. The van der Waals surface area contributed by atoms with E-state index in [4.69, 9.17) is 9.15 Å². The smallest absolute Gasteiger partial charge is 0.279 e. The monoisotopic (exact) mass is 302 g/mol. The summed E-state index contributed by atoms with van der Waals surface area (Å²) in [4.78, 5) is 0. The molecular weight excluding hydrogens is 280 g/mol. The average Bonchev–Trinajstić information content (AvgIpc) is 2.79. The highest BCUT2D eigenvalue weighted by Gasteiger charge is 2.31. The molecule has 1 N–H and O–H groups in total. The molecule has 1 saturated heterocycles. The quantitative estimate of drug-likeness (QED) is 0.886. The third kappa shape index (κ3) is 4.05. The maximum atomic E-state index is 12.3. The van der Waals surface area contributed by atoms with Crippen LogP contribution in [0.4, 0.5) is 0 Å². The second kappa shape index (κ2) is 6.26. The van der Waals surface area contributed by atoms with Crippen LogP contribution in [0.25, 0.3) is 0 Å². The third-order valence-corrected chi connectivity index (χ3v) is 4.84. The van der Waals surface area contributed by atoms with E-state index in [-0.39, 0.29) is 18.2 Å². The van der Waals surface area contributed by atoms with Crippen LogP contribution in [0.3, 0.4) is 0 Å². The Kier molecular flexibility index (Phi) is 4.85. The highest BCUT2D eigenvalue weighted by molar-refractivity contribution is 7.87. The van der Waals surface area contributed by atoms with Gasteiger partial charge in [0.15, 0.2) is 0 Å². The van der Waals surface area contributed by atoms with Gasteiger partial charge in [-0.15, -0.1) is 0 Å². The molecule has 0 aromatic carbocycles. The minimum Gasteiger partial charge on any atom is -0.469 e. The van der Waals surface area contributed by atoms with E-state index in [2.05, 4.69) is 4.72 Å². The normalized spacial score (nSPS) is 26.6. The van der Waals surface area contributed by atoms with E-state index < -0.39 is 10.2 Å². The van der Waals surface area contributed by atoms with Crippen molar-refractivity contribution in [3.63, 3.8) is 0 Å². The maximum Gasteiger partial charge on any atom is 0.279 e.